The van der Waals surface area contributed by atoms with E-state index >= 15 is 0 Å². The predicted molar refractivity (Wildman–Crippen MR) is 122 cm³/mol. The third kappa shape index (κ3) is 4.47. The lowest BCUT2D eigenvalue weighted by atomic mass is 9.94. The van der Waals surface area contributed by atoms with Crippen LogP contribution in [-0.2, 0) is 22.9 Å². The van der Waals surface area contributed by atoms with Crippen LogP contribution in [0.5, 0.6) is 0 Å². The van der Waals surface area contributed by atoms with Crippen molar-refractivity contribution in [3.63, 3.8) is 0 Å². The highest BCUT2D eigenvalue weighted by atomic mass is 32.2. The van der Waals surface area contributed by atoms with E-state index in [-0.39, 0.29) is 10.8 Å². The Bertz CT molecular complexity index is 1080. The van der Waals surface area contributed by atoms with Crippen LogP contribution in [0.15, 0.2) is 29.2 Å². The van der Waals surface area contributed by atoms with E-state index in [9.17, 15) is 18.0 Å². The molecule has 0 radical (unpaired) electrons. The maximum absolute atomic E-state index is 13.0. The number of rotatable bonds is 5. The van der Waals surface area contributed by atoms with Gasteiger partial charge >= 0.3 is 0 Å². The van der Waals surface area contributed by atoms with E-state index in [4.69, 9.17) is 0 Å². The van der Waals surface area contributed by atoms with Gasteiger partial charge in [0.2, 0.25) is 10.0 Å². The molecule has 1 aliphatic heterocycles. The zero-order chi connectivity index (χ0) is 22.2. The standard InChI is InChI=1S/C23H28N2O4S2/c1-15-11-16(2)13-25(12-15)31(28,29)18-9-7-17(8-10-18)22(27)24-23-20(14-26)19-5-3-4-6-21(19)30-23/h7-10,14-16H,3-6,11-13H2,1-2H3,(H,24,27). The normalized spacial score (nSPS) is 22.0. The third-order valence-corrected chi connectivity index (χ3v) is 9.22. The number of carbonyl (C=O) groups is 2. The largest absolute Gasteiger partial charge is 0.313 e. The van der Waals surface area contributed by atoms with E-state index in [0.717, 1.165) is 44.0 Å². The summed E-state index contributed by atoms with van der Waals surface area (Å²) >= 11 is 1.47. The molecule has 166 valence electrons. The Balaban J connectivity index is 1.51. The van der Waals surface area contributed by atoms with Crippen LogP contribution in [0.3, 0.4) is 0 Å². The summed E-state index contributed by atoms with van der Waals surface area (Å²) in [7, 11) is -3.58. The van der Waals surface area contributed by atoms with Gasteiger partial charge in [0.25, 0.3) is 5.91 Å². The fourth-order valence-corrected chi connectivity index (χ4v) is 7.65. The number of sulfonamides is 1. The fourth-order valence-electron chi connectivity index (χ4n) is 4.71. The molecule has 2 unspecified atom stereocenters. The van der Waals surface area contributed by atoms with Gasteiger partial charge in [-0.15, -0.1) is 11.3 Å². The molecule has 2 heterocycles. The number of anilines is 1. The van der Waals surface area contributed by atoms with E-state index in [1.807, 2.05) is 0 Å². The summed E-state index contributed by atoms with van der Waals surface area (Å²) in [4.78, 5) is 25.8. The average molecular weight is 461 g/mol. The fraction of sp³-hybridized carbons (Fsp3) is 0.478. The number of amides is 1. The summed E-state index contributed by atoms with van der Waals surface area (Å²) in [5, 5.41) is 3.44. The smallest absolute Gasteiger partial charge is 0.256 e. The molecule has 8 heteroatoms. The SMILES string of the molecule is CC1CC(C)CN(S(=O)(=O)c2ccc(C(=O)Nc3sc4c(c3C=O)CCCC4)cc2)C1. The molecule has 1 fully saturated rings. The second-order valence-corrected chi connectivity index (χ2v) is 11.9. The van der Waals surface area contributed by atoms with Gasteiger partial charge in [0.1, 0.15) is 5.00 Å². The predicted octanol–water partition coefficient (Wildman–Crippen LogP) is 4.36. The summed E-state index contributed by atoms with van der Waals surface area (Å²) in [6.45, 7) is 5.18. The van der Waals surface area contributed by atoms with Crippen LogP contribution in [0.4, 0.5) is 5.00 Å². The number of piperidine rings is 1. The number of hydrogen-bond acceptors (Lipinski definition) is 5. The van der Waals surface area contributed by atoms with Crippen molar-refractivity contribution in [3.05, 3.63) is 45.8 Å². The molecule has 1 aliphatic carbocycles. The van der Waals surface area contributed by atoms with Gasteiger partial charge in [-0.2, -0.15) is 4.31 Å². The summed E-state index contributed by atoms with van der Waals surface area (Å²) in [5.74, 6) is 0.310. The maximum Gasteiger partial charge on any atom is 0.256 e. The number of benzene rings is 1. The lowest BCUT2D eigenvalue weighted by Crippen LogP contribution is -2.42. The van der Waals surface area contributed by atoms with Gasteiger partial charge in [0.15, 0.2) is 6.29 Å². The number of thiophene rings is 1. The Morgan fingerprint density at radius 3 is 2.39 bits per heavy atom. The van der Waals surface area contributed by atoms with Crippen molar-refractivity contribution in [1.29, 1.82) is 0 Å². The van der Waals surface area contributed by atoms with E-state index in [0.29, 0.717) is 41.1 Å². The molecule has 1 saturated heterocycles. The zero-order valence-electron chi connectivity index (χ0n) is 17.9. The summed E-state index contributed by atoms with van der Waals surface area (Å²) in [6.07, 6.45) is 5.83. The topological polar surface area (TPSA) is 83.6 Å². The third-order valence-electron chi connectivity index (χ3n) is 6.15. The molecule has 1 aromatic heterocycles. The molecule has 6 nitrogen and oxygen atoms in total. The summed E-state index contributed by atoms with van der Waals surface area (Å²) in [5.41, 5.74) is 2.01. The Labute approximate surface area is 187 Å². The first-order chi connectivity index (χ1) is 14.8. The van der Waals surface area contributed by atoms with Crippen LogP contribution in [0.25, 0.3) is 0 Å². The van der Waals surface area contributed by atoms with E-state index in [1.165, 1.54) is 40.5 Å². The van der Waals surface area contributed by atoms with Crippen LogP contribution in [0.1, 0.15) is 64.3 Å². The Hall–Kier alpha value is -2.03. The first kappa shape index (κ1) is 22.2. The molecular weight excluding hydrogens is 432 g/mol. The van der Waals surface area contributed by atoms with Crippen LogP contribution in [-0.4, -0.2) is 38.0 Å². The number of aryl methyl sites for hydroxylation is 1. The molecule has 2 aliphatic rings. The zero-order valence-corrected chi connectivity index (χ0v) is 19.5. The summed E-state index contributed by atoms with van der Waals surface area (Å²) in [6, 6.07) is 6.06. The lowest BCUT2D eigenvalue weighted by molar-refractivity contribution is 0.102. The number of carbonyl (C=O) groups excluding carboxylic acids is 2. The highest BCUT2D eigenvalue weighted by Crippen LogP contribution is 2.37. The number of nitrogens with zero attached hydrogens (tertiary/aromatic N) is 1. The van der Waals surface area contributed by atoms with Crippen molar-refractivity contribution in [3.8, 4) is 0 Å². The monoisotopic (exact) mass is 460 g/mol. The molecular formula is C23H28N2O4S2. The van der Waals surface area contributed by atoms with Crippen molar-refractivity contribution in [1.82, 2.24) is 4.31 Å². The quantitative estimate of drug-likeness (QED) is 0.672. The van der Waals surface area contributed by atoms with Crippen molar-refractivity contribution in [2.75, 3.05) is 18.4 Å². The summed E-state index contributed by atoms with van der Waals surface area (Å²) < 4.78 is 27.6. The second-order valence-electron chi connectivity index (χ2n) is 8.82. The number of nitrogens with one attached hydrogen (secondary N) is 1. The molecule has 2 atom stereocenters. The van der Waals surface area contributed by atoms with Crippen molar-refractivity contribution in [2.24, 2.45) is 11.8 Å². The highest BCUT2D eigenvalue weighted by Gasteiger charge is 2.31. The van der Waals surface area contributed by atoms with Crippen molar-refractivity contribution in [2.45, 2.75) is 50.8 Å². The van der Waals surface area contributed by atoms with Gasteiger partial charge in [-0.05, 0) is 73.8 Å². The molecule has 2 aromatic rings. The first-order valence-corrected chi connectivity index (χ1v) is 13.1. The van der Waals surface area contributed by atoms with Gasteiger partial charge < -0.3 is 5.32 Å². The Morgan fingerprint density at radius 2 is 1.74 bits per heavy atom. The molecule has 4 rings (SSSR count). The molecule has 0 saturated carbocycles. The molecule has 31 heavy (non-hydrogen) atoms. The molecule has 1 aromatic carbocycles. The number of hydrogen-bond donors (Lipinski definition) is 1. The van der Waals surface area contributed by atoms with Crippen molar-refractivity contribution < 1.29 is 18.0 Å². The average Bonchev–Trinajstić information content (AvgIpc) is 3.10. The van der Waals surface area contributed by atoms with Crippen LogP contribution in [0.2, 0.25) is 0 Å². The first-order valence-electron chi connectivity index (χ1n) is 10.8. The van der Waals surface area contributed by atoms with E-state index in [1.54, 1.807) is 4.31 Å². The van der Waals surface area contributed by atoms with Crippen LogP contribution in [0, 0.1) is 11.8 Å². The van der Waals surface area contributed by atoms with Crippen molar-refractivity contribution >= 4 is 38.6 Å². The molecule has 1 N–H and O–H groups in total. The molecule has 1 amide bonds. The minimum Gasteiger partial charge on any atom is -0.313 e. The lowest BCUT2D eigenvalue weighted by Gasteiger charge is -2.34. The van der Waals surface area contributed by atoms with Gasteiger partial charge in [-0.1, -0.05) is 13.8 Å². The Kier molecular flexibility index (Phi) is 6.32. The Morgan fingerprint density at radius 1 is 1.10 bits per heavy atom. The number of aldehydes is 1. The van der Waals surface area contributed by atoms with Crippen LogP contribution >= 0.6 is 11.3 Å². The maximum atomic E-state index is 13.0. The minimum absolute atomic E-state index is 0.200. The van der Waals surface area contributed by atoms with Gasteiger partial charge in [0.05, 0.1) is 10.5 Å². The second kappa shape index (κ2) is 8.84. The highest BCUT2D eigenvalue weighted by molar-refractivity contribution is 7.89. The van der Waals surface area contributed by atoms with E-state index in [2.05, 4.69) is 19.2 Å². The van der Waals surface area contributed by atoms with Crippen LogP contribution < -0.4 is 5.32 Å². The molecule has 0 bridgehead atoms. The van der Waals surface area contributed by atoms with Gasteiger partial charge in [-0.25, -0.2) is 8.42 Å². The number of fused-ring (bicyclic) bond motifs is 1. The molecule has 0 spiro atoms. The van der Waals surface area contributed by atoms with Gasteiger partial charge in [-0.3, -0.25) is 9.59 Å². The van der Waals surface area contributed by atoms with E-state index < -0.39 is 10.0 Å². The van der Waals surface area contributed by atoms with Gasteiger partial charge in [0, 0.05) is 23.5 Å². The minimum atomic E-state index is -3.58.